The first-order valence-electron chi connectivity index (χ1n) is 6.42. The van der Waals surface area contributed by atoms with Crippen molar-refractivity contribution in [2.75, 3.05) is 11.5 Å². The van der Waals surface area contributed by atoms with E-state index in [0.717, 1.165) is 0 Å². The van der Waals surface area contributed by atoms with E-state index >= 15 is 0 Å². The number of benzene rings is 2. The van der Waals surface area contributed by atoms with Gasteiger partial charge in [0.15, 0.2) is 0 Å². The molecule has 0 heterocycles. The zero-order valence-electron chi connectivity index (χ0n) is 12.3. The molecule has 0 saturated carbocycles. The van der Waals surface area contributed by atoms with E-state index in [1.165, 1.54) is 6.07 Å². The van der Waals surface area contributed by atoms with Gasteiger partial charge in [0.05, 0.1) is 11.1 Å². The fourth-order valence-corrected chi connectivity index (χ4v) is 1.87. The largest absolute Gasteiger partial charge is 0.478 e. The van der Waals surface area contributed by atoms with Gasteiger partial charge in [-0.15, -0.1) is 0 Å². The first-order chi connectivity index (χ1) is 10.3. The molecule has 0 atom stereocenters. The van der Waals surface area contributed by atoms with Crippen molar-refractivity contribution in [3.63, 3.8) is 0 Å². The number of anilines is 2. The molecule has 0 aliphatic heterocycles. The summed E-state index contributed by atoms with van der Waals surface area (Å²) >= 11 is 0. The Labute approximate surface area is 128 Å². The van der Waals surface area contributed by atoms with Crippen molar-refractivity contribution in [1.82, 2.24) is 0 Å². The van der Waals surface area contributed by atoms with Gasteiger partial charge in [0.1, 0.15) is 0 Å². The van der Waals surface area contributed by atoms with Crippen LogP contribution >= 0.6 is 0 Å². The van der Waals surface area contributed by atoms with Crippen LogP contribution in [-0.2, 0) is 0 Å². The molecule has 0 fully saturated rings. The minimum Gasteiger partial charge on any atom is -0.478 e. The Hall–Kier alpha value is -3.02. The van der Waals surface area contributed by atoms with Gasteiger partial charge < -0.3 is 21.7 Å². The van der Waals surface area contributed by atoms with Gasteiger partial charge in [0.2, 0.25) is 0 Å². The van der Waals surface area contributed by atoms with Crippen LogP contribution in [0.1, 0.15) is 31.8 Å². The number of nitrogens with two attached hydrogens (primary N) is 2. The van der Waals surface area contributed by atoms with Crippen LogP contribution in [0.25, 0.3) is 0 Å². The Morgan fingerprint density at radius 3 is 1.82 bits per heavy atom. The molecule has 0 spiro atoms. The molecule has 116 valence electrons. The molecule has 6 heteroatoms. The maximum absolute atomic E-state index is 10.6. The molecule has 0 unspecified atom stereocenters. The lowest BCUT2D eigenvalue weighted by atomic mass is 10.1. The summed E-state index contributed by atoms with van der Waals surface area (Å²) in [4.78, 5) is 21.1. The number of aromatic carboxylic acids is 2. The first kappa shape index (κ1) is 17.0. The summed E-state index contributed by atoms with van der Waals surface area (Å²) in [7, 11) is 0. The molecule has 2 aromatic rings. The predicted molar refractivity (Wildman–Crippen MR) is 85.1 cm³/mol. The van der Waals surface area contributed by atoms with E-state index in [9.17, 15) is 9.59 Å². The van der Waals surface area contributed by atoms with Crippen molar-refractivity contribution >= 4 is 23.3 Å². The van der Waals surface area contributed by atoms with Crippen molar-refractivity contribution in [1.29, 1.82) is 0 Å². The number of aryl methyl sites for hydroxylation is 1. The molecule has 0 aliphatic carbocycles. The highest BCUT2D eigenvalue weighted by Crippen LogP contribution is 2.15. The molecule has 6 N–H and O–H groups in total. The number of carbonyl (C=O) groups is 2. The fraction of sp³-hybridized carbons (Fsp3) is 0.125. The maximum Gasteiger partial charge on any atom is 0.338 e. The van der Waals surface area contributed by atoms with Crippen LogP contribution in [-0.4, -0.2) is 22.2 Å². The molecule has 0 radical (unpaired) electrons. The fourth-order valence-electron chi connectivity index (χ4n) is 1.87. The molecule has 2 aromatic carbocycles. The summed E-state index contributed by atoms with van der Waals surface area (Å²) in [6.07, 6.45) is 0. The van der Waals surface area contributed by atoms with Crippen LogP contribution in [0.15, 0.2) is 36.4 Å². The van der Waals surface area contributed by atoms with Gasteiger partial charge in [0, 0.05) is 11.4 Å². The average molecular weight is 302 g/mol. The second-order valence-corrected chi connectivity index (χ2v) is 4.67. The van der Waals surface area contributed by atoms with Gasteiger partial charge in [-0.25, -0.2) is 9.59 Å². The van der Waals surface area contributed by atoms with E-state index in [4.69, 9.17) is 21.7 Å². The maximum atomic E-state index is 10.6. The summed E-state index contributed by atoms with van der Waals surface area (Å²) < 4.78 is 0. The highest BCUT2D eigenvalue weighted by molar-refractivity contribution is 5.95. The van der Waals surface area contributed by atoms with E-state index < -0.39 is 11.9 Å². The normalized spacial score (nSPS) is 9.55. The monoisotopic (exact) mass is 302 g/mol. The highest BCUT2D eigenvalue weighted by atomic mass is 16.4. The third kappa shape index (κ3) is 3.99. The van der Waals surface area contributed by atoms with E-state index in [-0.39, 0.29) is 11.1 Å². The number of carboxylic acid groups (broad SMARTS) is 2. The SMILES string of the molecule is Cc1c(N)cccc1C(=O)O.Cc1cccc(N)c1C(=O)O. The molecule has 0 aromatic heterocycles. The smallest absolute Gasteiger partial charge is 0.338 e. The number of rotatable bonds is 2. The second kappa shape index (κ2) is 7.12. The quantitative estimate of drug-likeness (QED) is 0.631. The van der Waals surface area contributed by atoms with Crippen LogP contribution < -0.4 is 11.5 Å². The predicted octanol–water partition coefficient (Wildman–Crippen LogP) is 2.55. The zero-order chi connectivity index (χ0) is 16.9. The van der Waals surface area contributed by atoms with E-state index in [0.29, 0.717) is 22.5 Å². The summed E-state index contributed by atoms with van der Waals surface area (Å²) in [6, 6.07) is 9.88. The Balaban J connectivity index is 0.000000220. The number of hydrogen-bond acceptors (Lipinski definition) is 4. The van der Waals surface area contributed by atoms with Gasteiger partial charge in [-0.2, -0.15) is 0 Å². The summed E-state index contributed by atoms with van der Waals surface area (Å²) in [5.41, 5.74) is 13.6. The summed E-state index contributed by atoms with van der Waals surface area (Å²) in [6.45, 7) is 3.42. The van der Waals surface area contributed by atoms with Gasteiger partial charge in [-0.05, 0) is 43.2 Å². The number of nitrogen functional groups attached to an aromatic ring is 2. The van der Waals surface area contributed by atoms with E-state index in [1.54, 1.807) is 44.2 Å². The summed E-state index contributed by atoms with van der Waals surface area (Å²) in [5.74, 6) is -1.91. The molecular formula is C16H18N2O4. The molecule has 2 rings (SSSR count). The molecular weight excluding hydrogens is 284 g/mol. The van der Waals surface area contributed by atoms with Crippen molar-refractivity contribution in [3.8, 4) is 0 Å². The van der Waals surface area contributed by atoms with Crippen LogP contribution in [0.3, 0.4) is 0 Å². The zero-order valence-corrected chi connectivity index (χ0v) is 12.3. The van der Waals surface area contributed by atoms with Crippen molar-refractivity contribution in [2.45, 2.75) is 13.8 Å². The number of carboxylic acids is 2. The second-order valence-electron chi connectivity index (χ2n) is 4.67. The van der Waals surface area contributed by atoms with Gasteiger partial charge in [-0.3, -0.25) is 0 Å². The standard InChI is InChI=1S/2C8H9NO2/c1-5-6(8(10)11)3-2-4-7(5)9;1-5-3-2-4-6(9)7(5)8(10)11/h2*2-4H,9H2,1H3,(H,10,11). The van der Waals surface area contributed by atoms with Gasteiger partial charge >= 0.3 is 11.9 Å². The van der Waals surface area contributed by atoms with E-state index in [1.807, 2.05) is 0 Å². The Morgan fingerprint density at radius 1 is 0.864 bits per heavy atom. The molecule has 0 aliphatic rings. The molecule has 6 nitrogen and oxygen atoms in total. The van der Waals surface area contributed by atoms with Crippen LogP contribution in [0.2, 0.25) is 0 Å². The third-order valence-corrected chi connectivity index (χ3v) is 3.12. The minimum atomic E-state index is -0.972. The van der Waals surface area contributed by atoms with Crippen LogP contribution in [0, 0.1) is 13.8 Å². The summed E-state index contributed by atoms with van der Waals surface area (Å²) in [5, 5.41) is 17.3. The van der Waals surface area contributed by atoms with Gasteiger partial charge in [0.25, 0.3) is 0 Å². The van der Waals surface area contributed by atoms with Crippen LogP contribution in [0.4, 0.5) is 11.4 Å². The number of hydrogen-bond donors (Lipinski definition) is 4. The molecule has 0 saturated heterocycles. The molecule has 0 amide bonds. The Kier molecular flexibility index (Phi) is 5.51. The van der Waals surface area contributed by atoms with Crippen molar-refractivity contribution in [2.24, 2.45) is 0 Å². The Morgan fingerprint density at radius 2 is 1.41 bits per heavy atom. The van der Waals surface area contributed by atoms with Crippen molar-refractivity contribution in [3.05, 3.63) is 58.7 Å². The van der Waals surface area contributed by atoms with Crippen LogP contribution in [0.5, 0.6) is 0 Å². The Bertz CT molecular complexity index is 691. The topological polar surface area (TPSA) is 127 Å². The third-order valence-electron chi connectivity index (χ3n) is 3.12. The lowest BCUT2D eigenvalue weighted by molar-refractivity contribution is 0.0685. The average Bonchev–Trinajstić information content (AvgIpc) is 2.41. The minimum absolute atomic E-state index is 0.201. The lowest BCUT2D eigenvalue weighted by Gasteiger charge is -2.02. The van der Waals surface area contributed by atoms with E-state index in [2.05, 4.69) is 0 Å². The van der Waals surface area contributed by atoms with Gasteiger partial charge in [-0.1, -0.05) is 18.2 Å². The molecule has 0 bridgehead atoms. The van der Waals surface area contributed by atoms with Crippen molar-refractivity contribution < 1.29 is 19.8 Å². The molecule has 22 heavy (non-hydrogen) atoms. The first-order valence-corrected chi connectivity index (χ1v) is 6.42. The lowest BCUT2D eigenvalue weighted by Crippen LogP contribution is -2.04. The highest BCUT2D eigenvalue weighted by Gasteiger charge is 2.09.